The van der Waals surface area contributed by atoms with Crippen molar-refractivity contribution in [3.63, 3.8) is 0 Å². The largest absolute Gasteiger partial charge is 0.368 e. The van der Waals surface area contributed by atoms with E-state index in [1.807, 2.05) is 51.1 Å². The van der Waals surface area contributed by atoms with Crippen LogP contribution in [0.25, 0.3) is 0 Å². The Bertz CT molecular complexity index is 759. The summed E-state index contributed by atoms with van der Waals surface area (Å²) in [4.78, 5) is 28.0. The van der Waals surface area contributed by atoms with Crippen molar-refractivity contribution >= 4 is 23.3 Å². The SMILES string of the molecule is Cc1ccc(NC(=O)CC(=O)NCCNc2ncccc2C)c(C)c1. The zero-order valence-electron chi connectivity index (χ0n) is 14.8. The molecule has 132 valence electrons. The van der Waals surface area contributed by atoms with Gasteiger partial charge in [-0.1, -0.05) is 23.8 Å². The van der Waals surface area contributed by atoms with Crippen LogP contribution in [0, 0.1) is 20.8 Å². The van der Waals surface area contributed by atoms with Gasteiger partial charge in [-0.3, -0.25) is 9.59 Å². The molecule has 0 saturated carbocycles. The van der Waals surface area contributed by atoms with Crippen LogP contribution < -0.4 is 16.0 Å². The first kappa shape index (κ1) is 18.4. The van der Waals surface area contributed by atoms with Crippen LogP contribution in [0.4, 0.5) is 11.5 Å². The molecule has 6 heteroatoms. The number of carbonyl (C=O) groups is 2. The Morgan fingerprint density at radius 2 is 1.80 bits per heavy atom. The van der Waals surface area contributed by atoms with E-state index in [4.69, 9.17) is 0 Å². The van der Waals surface area contributed by atoms with Crippen LogP contribution in [-0.4, -0.2) is 29.9 Å². The molecule has 2 amide bonds. The predicted octanol–water partition coefficient (Wildman–Crippen LogP) is 2.56. The Morgan fingerprint density at radius 3 is 2.52 bits per heavy atom. The van der Waals surface area contributed by atoms with Crippen molar-refractivity contribution in [3.8, 4) is 0 Å². The maximum Gasteiger partial charge on any atom is 0.233 e. The Hall–Kier alpha value is -2.89. The van der Waals surface area contributed by atoms with Gasteiger partial charge >= 0.3 is 0 Å². The van der Waals surface area contributed by atoms with E-state index in [9.17, 15) is 9.59 Å². The molecule has 0 fully saturated rings. The van der Waals surface area contributed by atoms with Gasteiger partial charge in [-0.25, -0.2) is 4.98 Å². The summed E-state index contributed by atoms with van der Waals surface area (Å²) < 4.78 is 0. The van der Waals surface area contributed by atoms with Crippen LogP contribution in [0.15, 0.2) is 36.5 Å². The lowest BCUT2D eigenvalue weighted by molar-refractivity contribution is -0.126. The van der Waals surface area contributed by atoms with Crippen molar-refractivity contribution in [1.82, 2.24) is 10.3 Å². The first-order valence-electron chi connectivity index (χ1n) is 8.25. The Kier molecular flexibility index (Phi) is 6.51. The second-order valence-corrected chi connectivity index (χ2v) is 5.99. The van der Waals surface area contributed by atoms with Crippen molar-refractivity contribution in [2.75, 3.05) is 23.7 Å². The van der Waals surface area contributed by atoms with Crippen molar-refractivity contribution in [1.29, 1.82) is 0 Å². The minimum Gasteiger partial charge on any atom is -0.368 e. The monoisotopic (exact) mass is 340 g/mol. The number of anilines is 2. The van der Waals surface area contributed by atoms with Gasteiger partial charge in [0.1, 0.15) is 12.2 Å². The van der Waals surface area contributed by atoms with E-state index in [-0.39, 0.29) is 18.2 Å². The van der Waals surface area contributed by atoms with Crippen molar-refractivity contribution in [2.24, 2.45) is 0 Å². The lowest BCUT2D eigenvalue weighted by Gasteiger charge is -2.10. The molecule has 1 aromatic carbocycles. The van der Waals surface area contributed by atoms with E-state index in [1.165, 1.54) is 0 Å². The number of pyridine rings is 1. The first-order chi connectivity index (χ1) is 12.0. The number of nitrogens with zero attached hydrogens (tertiary/aromatic N) is 1. The van der Waals surface area contributed by atoms with E-state index in [2.05, 4.69) is 20.9 Å². The topological polar surface area (TPSA) is 83.1 Å². The lowest BCUT2D eigenvalue weighted by atomic mass is 10.1. The molecule has 0 unspecified atom stereocenters. The molecule has 2 aromatic rings. The Labute approximate surface area is 148 Å². The van der Waals surface area contributed by atoms with Crippen LogP contribution in [0.3, 0.4) is 0 Å². The predicted molar refractivity (Wildman–Crippen MR) is 99.6 cm³/mol. The van der Waals surface area contributed by atoms with Crippen LogP contribution in [0.1, 0.15) is 23.1 Å². The van der Waals surface area contributed by atoms with Gasteiger partial charge in [0.2, 0.25) is 11.8 Å². The molecule has 6 nitrogen and oxygen atoms in total. The lowest BCUT2D eigenvalue weighted by Crippen LogP contribution is -2.32. The molecular weight excluding hydrogens is 316 g/mol. The third kappa shape index (κ3) is 5.91. The number of nitrogens with one attached hydrogen (secondary N) is 3. The van der Waals surface area contributed by atoms with Crippen LogP contribution in [0.2, 0.25) is 0 Å². The number of rotatable bonds is 7. The van der Waals surface area contributed by atoms with E-state index in [0.717, 1.165) is 28.2 Å². The first-order valence-corrected chi connectivity index (χ1v) is 8.25. The smallest absolute Gasteiger partial charge is 0.233 e. The van der Waals surface area contributed by atoms with Crippen molar-refractivity contribution in [2.45, 2.75) is 27.2 Å². The highest BCUT2D eigenvalue weighted by atomic mass is 16.2. The number of hydrogen-bond acceptors (Lipinski definition) is 4. The summed E-state index contributed by atoms with van der Waals surface area (Å²) in [7, 11) is 0. The standard InChI is InChI=1S/C19H24N4O2/c1-13-6-7-16(15(3)11-13)23-18(25)12-17(24)20-9-10-22-19-14(2)5-4-8-21-19/h4-8,11H,9-10,12H2,1-3H3,(H,20,24)(H,21,22)(H,23,25). The van der Waals surface area contributed by atoms with Gasteiger partial charge in [-0.15, -0.1) is 0 Å². The van der Waals surface area contributed by atoms with Crippen LogP contribution in [-0.2, 0) is 9.59 Å². The summed E-state index contributed by atoms with van der Waals surface area (Å²) >= 11 is 0. The number of amides is 2. The molecule has 1 heterocycles. The number of carbonyl (C=O) groups excluding carboxylic acids is 2. The summed E-state index contributed by atoms with van der Waals surface area (Å²) in [6, 6.07) is 9.59. The van der Waals surface area contributed by atoms with Crippen LogP contribution >= 0.6 is 0 Å². The average molecular weight is 340 g/mol. The van der Waals surface area contributed by atoms with Gasteiger partial charge in [0, 0.05) is 25.0 Å². The van der Waals surface area contributed by atoms with Crippen LogP contribution in [0.5, 0.6) is 0 Å². The summed E-state index contributed by atoms with van der Waals surface area (Å²) in [5, 5.41) is 8.64. The zero-order chi connectivity index (χ0) is 18.2. The third-order valence-corrected chi connectivity index (χ3v) is 3.73. The third-order valence-electron chi connectivity index (χ3n) is 3.73. The fourth-order valence-corrected chi connectivity index (χ4v) is 2.41. The molecule has 3 N–H and O–H groups in total. The molecule has 0 saturated heterocycles. The highest BCUT2D eigenvalue weighted by Gasteiger charge is 2.10. The fraction of sp³-hybridized carbons (Fsp3) is 0.316. The van der Waals surface area contributed by atoms with Gasteiger partial charge in [0.25, 0.3) is 0 Å². The highest BCUT2D eigenvalue weighted by molar-refractivity contribution is 6.03. The highest BCUT2D eigenvalue weighted by Crippen LogP contribution is 2.16. The van der Waals surface area contributed by atoms with E-state index in [0.29, 0.717) is 13.1 Å². The summed E-state index contributed by atoms with van der Waals surface area (Å²) in [6.07, 6.45) is 1.52. The maximum absolute atomic E-state index is 12.0. The second kappa shape index (κ2) is 8.82. The molecule has 1 aromatic heterocycles. The van der Waals surface area contributed by atoms with Crippen molar-refractivity contribution in [3.05, 3.63) is 53.2 Å². The Morgan fingerprint density at radius 1 is 1.00 bits per heavy atom. The number of hydrogen-bond donors (Lipinski definition) is 3. The number of benzene rings is 1. The van der Waals surface area contributed by atoms with E-state index < -0.39 is 0 Å². The normalized spacial score (nSPS) is 10.2. The molecular formula is C19H24N4O2. The fourth-order valence-electron chi connectivity index (χ4n) is 2.41. The molecule has 0 atom stereocenters. The summed E-state index contributed by atoms with van der Waals surface area (Å²) in [6.45, 7) is 6.85. The van der Waals surface area contributed by atoms with Gasteiger partial charge in [-0.2, -0.15) is 0 Å². The maximum atomic E-state index is 12.0. The molecule has 2 rings (SSSR count). The molecule has 0 aliphatic rings. The van der Waals surface area contributed by atoms with Crippen molar-refractivity contribution < 1.29 is 9.59 Å². The minimum absolute atomic E-state index is 0.198. The molecule has 0 aliphatic carbocycles. The summed E-state index contributed by atoms with van der Waals surface area (Å²) in [5.41, 5.74) is 3.88. The average Bonchev–Trinajstić information content (AvgIpc) is 2.55. The number of aromatic nitrogens is 1. The van der Waals surface area contributed by atoms with E-state index >= 15 is 0 Å². The van der Waals surface area contributed by atoms with E-state index in [1.54, 1.807) is 6.20 Å². The Balaban J connectivity index is 1.71. The van der Waals surface area contributed by atoms with Gasteiger partial charge in [0.05, 0.1) is 0 Å². The quantitative estimate of drug-likeness (QED) is 0.534. The van der Waals surface area contributed by atoms with Gasteiger partial charge in [-0.05, 0) is 44.0 Å². The van der Waals surface area contributed by atoms with Gasteiger partial charge < -0.3 is 16.0 Å². The summed E-state index contributed by atoms with van der Waals surface area (Å²) in [5.74, 6) is 0.170. The minimum atomic E-state index is -0.321. The van der Waals surface area contributed by atoms with Gasteiger partial charge in [0.15, 0.2) is 0 Å². The number of aryl methyl sites for hydroxylation is 3. The molecule has 0 bridgehead atoms. The molecule has 0 spiro atoms. The molecule has 0 aliphatic heterocycles. The zero-order valence-corrected chi connectivity index (χ0v) is 14.8. The molecule has 25 heavy (non-hydrogen) atoms. The second-order valence-electron chi connectivity index (χ2n) is 5.99. The molecule has 0 radical (unpaired) electrons.